The summed E-state index contributed by atoms with van der Waals surface area (Å²) in [5, 5.41) is 0. The van der Waals surface area contributed by atoms with Crippen molar-refractivity contribution >= 4 is 33.8 Å². The minimum Gasteiger partial charge on any atom is -0.339 e. The molecule has 1 aromatic carbocycles. The fraction of sp³-hybridized carbons (Fsp3) is 0.375. The second kappa shape index (κ2) is 7.41. The summed E-state index contributed by atoms with van der Waals surface area (Å²) in [7, 11) is 0. The molecule has 2 rings (SSSR count). The molecule has 1 aromatic rings. The van der Waals surface area contributed by atoms with Crippen molar-refractivity contribution in [1.82, 2.24) is 9.80 Å². The number of amides is 2. The van der Waals surface area contributed by atoms with Gasteiger partial charge in [-0.25, -0.2) is 0 Å². The summed E-state index contributed by atoms with van der Waals surface area (Å²) in [6.07, 6.45) is 3.94. The Labute approximate surface area is 133 Å². The molecule has 112 valence electrons. The van der Waals surface area contributed by atoms with E-state index in [0.29, 0.717) is 32.6 Å². The van der Waals surface area contributed by atoms with E-state index < -0.39 is 0 Å². The number of benzene rings is 1. The van der Waals surface area contributed by atoms with E-state index in [1.165, 1.54) is 0 Å². The number of hydrogen-bond acceptors (Lipinski definition) is 2. The van der Waals surface area contributed by atoms with Crippen molar-refractivity contribution in [2.45, 2.75) is 13.3 Å². The lowest BCUT2D eigenvalue weighted by Gasteiger charge is -2.34. The van der Waals surface area contributed by atoms with Crippen LogP contribution in [0.2, 0.25) is 0 Å². The van der Waals surface area contributed by atoms with Crippen molar-refractivity contribution in [1.29, 1.82) is 0 Å². The summed E-state index contributed by atoms with van der Waals surface area (Å²) >= 11 is 3.38. The second-order valence-electron chi connectivity index (χ2n) is 4.94. The Morgan fingerprint density at radius 1 is 1.10 bits per heavy atom. The van der Waals surface area contributed by atoms with Crippen molar-refractivity contribution in [2.24, 2.45) is 0 Å². The molecule has 1 fully saturated rings. The first-order chi connectivity index (χ1) is 10.1. The van der Waals surface area contributed by atoms with E-state index in [1.807, 2.05) is 42.2 Å². The van der Waals surface area contributed by atoms with Crippen molar-refractivity contribution < 1.29 is 9.59 Å². The van der Waals surface area contributed by atoms with Gasteiger partial charge >= 0.3 is 0 Å². The lowest BCUT2D eigenvalue weighted by molar-refractivity contribution is -0.136. The van der Waals surface area contributed by atoms with Crippen molar-refractivity contribution in [3.8, 4) is 0 Å². The minimum absolute atomic E-state index is 0.00140. The molecule has 21 heavy (non-hydrogen) atoms. The van der Waals surface area contributed by atoms with Gasteiger partial charge in [0.15, 0.2) is 0 Å². The monoisotopic (exact) mass is 350 g/mol. The molecule has 0 N–H and O–H groups in total. The van der Waals surface area contributed by atoms with Crippen LogP contribution in [0.15, 0.2) is 34.8 Å². The first kappa shape index (κ1) is 15.8. The fourth-order valence-electron chi connectivity index (χ4n) is 2.25. The van der Waals surface area contributed by atoms with Crippen LogP contribution in [0, 0.1) is 0 Å². The average molecular weight is 351 g/mol. The molecule has 0 aromatic heterocycles. The second-order valence-corrected chi connectivity index (χ2v) is 5.86. The summed E-state index contributed by atoms with van der Waals surface area (Å²) in [6.45, 7) is 4.33. The third-order valence-electron chi connectivity index (χ3n) is 3.53. The largest absolute Gasteiger partial charge is 0.339 e. The number of carbonyl (C=O) groups excluding carboxylic acids is 2. The van der Waals surface area contributed by atoms with Crippen LogP contribution in [0.1, 0.15) is 18.9 Å². The van der Waals surface area contributed by atoms with E-state index in [-0.39, 0.29) is 11.8 Å². The van der Waals surface area contributed by atoms with Gasteiger partial charge in [-0.3, -0.25) is 9.59 Å². The predicted molar refractivity (Wildman–Crippen MR) is 86.6 cm³/mol. The first-order valence-electron chi connectivity index (χ1n) is 7.10. The van der Waals surface area contributed by atoms with E-state index in [0.717, 1.165) is 10.0 Å². The van der Waals surface area contributed by atoms with Crippen LogP contribution >= 0.6 is 15.9 Å². The Morgan fingerprint density at radius 2 is 1.67 bits per heavy atom. The van der Waals surface area contributed by atoms with Crippen LogP contribution in [0.3, 0.4) is 0 Å². The molecule has 5 heteroatoms. The van der Waals surface area contributed by atoms with Gasteiger partial charge in [-0.1, -0.05) is 35.0 Å². The number of carbonyl (C=O) groups is 2. The highest BCUT2D eigenvalue weighted by Crippen LogP contribution is 2.12. The van der Waals surface area contributed by atoms with Crippen LogP contribution in [0.4, 0.5) is 0 Å². The third-order valence-corrected chi connectivity index (χ3v) is 4.06. The molecule has 0 atom stereocenters. The highest BCUT2D eigenvalue weighted by molar-refractivity contribution is 9.10. The summed E-state index contributed by atoms with van der Waals surface area (Å²) in [5.74, 6) is 0.161. The van der Waals surface area contributed by atoms with Gasteiger partial charge in [-0.15, -0.1) is 0 Å². The molecule has 1 aliphatic rings. The number of rotatable bonds is 3. The van der Waals surface area contributed by atoms with Crippen molar-refractivity contribution in [3.63, 3.8) is 0 Å². The Kier molecular flexibility index (Phi) is 5.56. The molecule has 2 amide bonds. The lowest BCUT2D eigenvalue weighted by atomic mass is 10.2. The van der Waals surface area contributed by atoms with Crippen LogP contribution in [-0.2, 0) is 9.59 Å². The number of nitrogens with zero attached hydrogens (tertiary/aromatic N) is 2. The van der Waals surface area contributed by atoms with Crippen LogP contribution in [0.5, 0.6) is 0 Å². The van der Waals surface area contributed by atoms with E-state index in [1.54, 1.807) is 11.0 Å². The molecule has 1 heterocycles. The molecular weight excluding hydrogens is 332 g/mol. The van der Waals surface area contributed by atoms with Crippen LogP contribution < -0.4 is 0 Å². The maximum Gasteiger partial charge on any atom is 0.246 e. The Morgan fingerprint density at radius 3 is 2.24 bits per heavy atom. The van der Waals surface area contributed by atoms with Gasteiger partial charge in [0.1, 0.15) is 0 Å². The summed E-state index contributed by atoms with van der Waals surface area (Å²) in [4.78, 5) is 27.3. The number of piperazine rings is 1. The summed E-state index contributed by atoms with van der Waals surface area (Å²) in [6, 6.07) is 7.79. The van der Waals surface area contributed by atoms with Gasteiger partial charge in [-0.05, 0) is 23.8 Å². The van der Waals surface area contributed by atoms with Gasteiger partial charge in [0.2, 0.25) is 11.8 Å². The molecule has 0 unspecified atom stereocenters. The molecule has 0 spiro atoms. The quantitative estimate of drug-likeness (QED) is 0.786. The molecular formula is C16H19BrN2O2. The van der Waals surface area contributed by atoms with Crippen LogP contribution in [-0.4, -0.2) is 47.8 Å². The van der Waals surface area contributed by atoms with E-state index in [4.69, 9.17) is 0 Å². The zero-order chi connectivity index (χ0) is 15.2. The van der Waals surface area contributed by atoms with Gasteiger partial charge in [0.05, 0.1) is 0 Å². The zero-order valence-corrected chi connectivity index (χ0v) is 13.7. The van der Waals surface area contributed by atoms with Gasteiger partial charge in [0.25, 0.3) is 0 Å². The Bertz CT molecular complexity index is 532. The maximum atomic E-state index is 12.1. The van der Waals surface area contributed by atoms with Gasteiger partial charge in [-0.2, -0.15) is 0 Å². The SMILES string of the molecule is CCC(=O)N1CCN(C(=O)/C=C/c2ccc(Br)cc2)CC1. The molecule has 0 aliphatic carbocycles. The number of halogens is 1. The molecule has 1 saturated heterocycles. The van der Waals surface area contributed by atoms with Gasteiger partial charge in [0, 0.05) is 43.1 Å². The average Bonchev–Trinajstić information content (AvgIpc) is 2.53. The number of hydrogen-bond donors (Lipinski definition) is 0. The smallest absolute Gasteiger partial charge is 0.246 e. The molecule has 4 nitrogen and oxygen atoms in total. The first-order valence-corrected chi connectivity index (χ1v) is 7.90. The van der Waals surface area contributed by atoms with Crippen LogP contribution in [0.25, 0.3) is 6.08 Å². The standard InChI is InChI=1S/C16H19BrN2O2/c1-2-15(20)18-9-11-19(12-10-18)16(21)8-5-13-3-6-14(17)7-4-13/h3-8H,2,9-12H2,1H3/b8-5+. The summed E-state index contributed by atoms with van der Waals surface area (Å²) in [5.41, 5.74) is 0.992. The normalized spacial score (nSPS) is 15.5. The zero-order valence-electron chi connectivity index (χ0n) is 12.1. The Balaban J connectivity index is 1.87. The highest BCUT2D eigenvalue weighted by atomic mass is 79.9. The minimum atomic E-state index is 0.00140. The maximum absolute atomic E-state index is 12.1. The van der Waals surface area contributed by atoms with E-state index in [9.17, 15) is 9.59 Å². The summed E-state index contributed by atoms with van der Waals surface area (Å²) < 4.78 is 1.02. The predicted octanol–water partition coefficient (Wildman–Crippen LogP) is 2.54. The fourth-order valence-corrected chi connectivity index (χ4v) is 2.51. The van der Waals surface area contributed by atoms with E-state index >= 15 is 0 Å². The molecule has 0 saturated carbocycles. The molecule has 0 radical (unpaired) electrons. The lowest BCUT2D eigenvalue weighted by Crippen LogP contribution is -2.50. The van der Waals surface area contributed by atoms with E-state index in [2.05, 4.69) is 15.9 Å². The Hall–Kier alpha value is -1.62. The molecule has 0 bridgehead atoms. The highest BCUT2D eigenvalue weighted by Gasteiger charge is 2.21. The van der Waals surface area contributed by atoms with Crippen molar-refractivity contribution in [3.05, 3.63) is 40.4 Å². The topological polar surface area (TPSA) is 40.6 Å². The van der Waals surface area contributed by atoms with Crippen molar-refractivity contribution in [2.75, 3.05) is 26.2 Å². The van der Waals surface area contributed by atoms with Gasteiger partial charge < -0.3 is 9.80 Å². The third kappa shape index (κ3) is 4.43. The molecule has 1 aliphatic heterocycles.